The molecule has 0 aliphatic carbocycles. The predicted octanol–water partition coefficient (Wildman–Crippen LogP) is 1.40. The van der Waals surface area contributed by atoms with E-state index in [-0.39, 0.29) is 11.6 Å². The summed E-state index contributed by atoms with van der Waals surface area (Å²) in [5.41, 5.74) is 0.429. The number of nitrogens with one attached hydrogen (secondary N) is 6. The number of alkyl halides is 2. The maximum atomic E-state index is 13.9. The Bertz CT molecular complexity index is 1330. The SMILES string of the molecule is CNC(=O)Nc1ccc(C#CC#Cc2ccc(C(=O)N[C@H](C(=O)NO)C(C)(NC(=O)NC)C(F)F)cc2)cc1. The number of anilines is 1. The Balaban J connectivity index is 2.12. The minimum Gasteiger partial charge on any atom is -0.341 e. The molecule has 6 amide bonds. The van der Waals surface area contributed by atoms with Gasteiger partial charge in [-0.3, -0.25) is 14.8 Å². The summed E-state index contributed by atoms with van der Waals surface area (Å²) in [5.74, 6) is 8.71. The van der Waals surface area contributed by atoms with Crippen LogP contribution in [0, 0.1) is 23.7 Å². The summed E-state index contributed by atoms with van der Waals surface area (Å²) in [6.45, 7) is 0.850. The summed E-state index contributed by atoms with van der Waals surface area (Å²) in [7, 11) is 2.69. The van der Waals surface area contributed by atoms with Gasteiger partial charge >= 0.3 is 12.1 Å². The van der Waals surface area contributed by atoms with Crippen molar-refractivity contribution in [3.63, 3.8) is 0 Å². The number of hydrogen-bond acceptors (Lipinski definition) is 5. The molecule has 0 aromatic heterocycles. The Kier molecular flexibility index (Phi) is 10.8. The number of benzene rings is 2. The molecule has 1 unspecified atom stereocenters. The summed E-state index contributed by atoms with van der Waals surface area (Å²) >= 11 is 0. The summed E-state index contributed by atoms with van der Waals surface area (Å²) in [6, 6.07) is 9.06. The van der Waals surface area contributed by atoms with E-state index in [9.17, 15) is 28.0 Å². The van der Waals surface area contributed by atoms with Gasteiger partial charge in [0, 0.05) is 36.5 Å². The number of carbonyl (C=O) groups excluding carboxylic acids is 4. The smallest absolute Gasteiger partial charge is 0.318 e. The van der Waals surface area contributed by atoms with E-state index in [1.54, 1.807) is 24.3 Å². The minimum atomic E-state index is -3.30. The first-order valence-electron chi connectivity index (χ1n) is 11.3. The molecule has 0 spiro atoms. The molecule has 2 aromatic rings. The molecule has 0 aliphatic heterocycles. The number of carbonyl (C=O) groups is 4. The largest absolute Gasteiger partial charge is 0.341 e. The van der Waals surface area contributed by atoms with E-state index in [2.05, 4.69) is 44.9 Å². The average Bonchev–Trinajstić information content (AvgIpc) is 2.94. The van der Waals surface area contributed by atoms with Crippen LogP contribution in [0.25, 0.3) is 0 Å². The standard InChI is InChI=1S/C26H26F2N6O5/c1-26(23(27)28,33-25(38)30-3)20(22(36)34-39)32-21(35)18-12-8-16(9-13-18)6-4-5-7-17-10-14-19(15-11-17)31-24(37)29-2/h8-15,20,23,39H,1-3H3,(H,32,35)(H,34,36)(H2,29,31,37)(H2,30,33,38)/t20-,26?/m1/s1. The Hall–Kier alpha value is -5.14. The second-order valence-corrected chi connectivity index (χ2v) is 8.03. The van der Waals surface area contributed by atoms with Gasteiger partial charge in [-0.25, -0.2) is 23.9 Å². The van der Waals surface area contributed by atoms with Gasteiger partial charge in [0.2, 0.25) is 0 Å². The molecule has 11 nitrogen and oxygen atoms in total. The molecule has 39 heavy (non-hydrogen) atoms. The van der Waals surface area contributed by atoms with Crippen LogP contribution in [0.15, 0.2) is 48.5 Å². The number of rotatable bonds is 7. The van der Waals surface area contributed by atoms with Gasteiger partial charge in [-0.1, -0.05) is 11.8 Å². The molecule has 0 radical (unpaired) electrons. The highest BCUT2D eigenvalue weighted by molar-refractivity contribution is 5.98. The Labute approximate surface area is 223 Å². The van der Waals surface area contributed by atoms with Crippen LogP contribution in [0.2, 0.25) is 0 Å². The molecule has 0 heterocycles. The number of amides is 6. The Morgan fingerprint density at radius 2 is 1.36 bits per heavy atom. The normalized spacial score (nSPS) is 12.2. The molecule has 204 valence electrons. The van der Waals surface area contributed by atoms with E-state index in [4.69, 9.17) is 5.21 Å². The van der Waals surface area contributed by atoms with Crippen molar-refractivity contribution in [2.75, 3.05) is 19.4 Å². The molecule has 2 rings (SSSR count). The zero-order valence-electron chi connectivity index (χ0n) is 21.1. The first-order chi connectivity index (χ1) is 18.5. The number of hydroxylamine groups is 1. The van der Waals surface area contributed by atoms with E-state index < -0.39 is 35.9 Å². The monoisotopic (exact) mass is 540 g/mol. The fourth-order valence-corrected chi connectivity index (χ4v) is 3.07. The minimum absolute atomic E-state index is 0.00406. The van der Waals surface area contributed by atoms with Crippen LogP contribution in [-0.4, -0.2) is 61.2 Å². The van der Waals surface area contributed by atoms with Gasteiger partial charge in [0.15, 0.2) is 0 Å². The topological polar surface area (TPSA) is 161 Å². The fourth-order valence-electron chi connectivity index (χ4n) is 3.07. The van der Waals surface area contributed by atoms with Crippen molar-refractivity contribution in [3.8, 4) is 23.7 Å². The second kappa shape index (κ2) is 14.0. The third-order valence-electron chi connectivity index (χ3n) is 5.30. The average molecular weight is 541 g/mol. The highest BCUT2D eigenvalue weighted by atomic mass is 19.3. The van der Waals surface area contributed by atoms with Crippen LogP contribution in [0.4, 0.5) is 24.1 Å². The van der Waals surface area contributed by atoms with E-state index >= 15 is 0 Å². The molecule has 0 bridgehead atoms. The second-order valence-electron chi connectivity index (χ2n) is 8.03. The third kappa shape index (κ3) is 8.45. The van der Waals surface area contributed by atoms with E-state index in [1.807, 2.05) is 5.32 Å². The van der Waals surface area contributed by atoms with Gasteiger partial charge in [0.25, 0.3) is 18.2 Å². The van der Waals surface area contributed by atoms with E-state index in [0.29, 0.717) is 16.8 Å². The Morgan fingerprint density at radius 3 is 1.82 bits per heavy atom. The number of halogens is 2. The van der Waals surface area contributed by atoms with E-state index in [0.717, 1.165) is 6.92 Å². The van der Waals surface area contributed by atoms with Crippen molar-refractivity contribution in [1.29, 1.82) is 0 Å². The van der Waals surface area contributed by atoms with Crippen LogP contribution >= 0.6 is 0 Å². The van der Waals surface area contributed by atoms with Crippen LogP contribution in [0.5, 0.6) is 0 Å². The maximum absolute atomic E-state index is 13.9. The first kappa shape index (κ1) is 30.1. The molecule has 0 saturated carbocycles. The van der Waals surface area contributed by atoms with E-state index in [1.165, 1.54) is 43.8 Å². The lowest BCUT2D eigenvalue weighted by molar-refractivity contribution is -0.135. The summed E-state index contributed by atoms with van der Waals surface area (Å²) in [6.07, 6.45) is -3.30. The number of hydrogen-bond donors (Lipinski definition) is 7. The molecule has 2 atom stereocenters. The van der Waals surface area contributed by atoms with Gasteiger partial charge in [0.05, 0.1) is 0 Å². The molecule has 0 aliphatic rings. The summed E-state index contributed by atoms with van der Waals surface area (Å²) < 4.78 is 27.7. The molecular formula is C26H26F2N6O5. The molecular weight excluding hydrogens is 514 g/mol. The van der Waals surface area contributed by atoms with Crippen molar-refractivity contribution in [2.45, 2.75) is 24.9 Å². The van der Waals surface area contributed by atoms with Gasteiger partial charge in [-0.15, -0.1) is 0 Å². The van der Waals surface area contributed by atoms with Crippen molar-refractivity contribution < 1.29 is 33.2 Å². The zero-order valence-corrected chi connectivity index (χ0v) is 21.1. The van der Waals surface area contributed by atoms with Crippen LogP contribution in [0.3, 0.4) is 0 Å². The summed E-state index contributed by atoms with van der Waals surface area (Å²) in [4.78, 5) is 47.8. The predicted molar refractivity (Wildman–Crippen MR) is 138 cm³/mol. The first-order valence-corrected chi connectivity index (χ1v) is 11.3. The summed E-state index contributed by atoms with van der Waals surface area (Å²) in [5, 5.41) is 20.2. The molecule has 0 fully saturated rings. The molecule has 13 heteroatoms. The van der Waals surface area contributed by atoms with Crippen molar-refractivity contribution in [1.82, 2.24) is 26.7 Å². The van der Waals surface area contributed by atoms with Gasteiger partial charge in [0.1, 0.15) is 11.6 Å². The third-order valence-corrected chi connectivity index (χ3v) is 5.30. The van der Waals surface area contributed by atoms with Crippen molar-refractivity contribution in [3.05, 3.63) is 65.2 Å². The van der Waals surface area contributed by atoms with Gasteiger partial charge in [-0.2, -0.15) is 0 Å². The van der Waals surface area contributed by atoms with Crippen LogP contribution in [0.1, 0.15) is 28.4 Å². The maximum Gasteiger partial charge on any atom is 0.318 e. The molecule has 7 N–H and O–H groups in total. The zero-order chi connectivity index (χ0) is 29.0. The van der Waals surface area contributed by atoms with Gasteiger partial charge < -0.3 is 26.6 Å². The highest BCUT2D eigenvalue weighted by Crippen LogP contribution is 2.21. The van der Waals surface area contributed by atoms with Gasteiger partial charge in [-0.05, 0) is 67.3 Å². The molecule has 2 aromatic carbocycles. The highest BCUT2D eigenvalue weighted by Gasteiger charge is 2.48. The lowest BCUT2D eigenvalue weighted by Gasteiger charge is -2.36. The lowest BCUT2D eigenvalue weighted by Crippen LogP contribution is -2.69. The van der Waals surface area contributed by atoms with Crippen LogP contribution in [-0.2, 0) is 4.79 Å². The van der Waals surface area contributed by atoms with Crippen molar-refractivity contribution in [2.24, 2.45) is 0 Å². The number of urea groups is 2. The van der Waals surface area contributed by atoms with Crippen LogP contribution < -0.4 is 32.1 Å². The van der Waals surface area contributed by atoms with Crippen molar-refractivity contribution >= 4 is 29.6 Å². The molecule has 0 saturated heterocycles. The fraction of sp³-hybridized carbons (Fsp3) is 0.231. The lowest BCUT2D eigenvalue weighted by atomic mass is 9.91. The quantitative estimate of drug-likeness (QED) is 0.160. The Morgan fingerprint density at radius 1 is 0.846 bits per heavy atom.